The van der Waals surface area contributed by atoms with Crippen LogP contribution in [0.5, 0.6) is 0 Å². The standard InChI is InChI=1S/C14H12N2OS/c1-9-6-10(8-15-14(9)17)7-13-16-11-4-2-3-5-12(11)18-13/h2-6,8H,7H2,1H3,(H,15,17). The van der Waals surface area contributed by atoms with Gasteiger partial charge in [-0.2, -0.15) is 0 Å². The summed E-state index contributed by atoms with van der Waals surface area (Å²) >= 11 is 1.70. The lowest BCUT2D eigenvalue weighted by molar-refractivity contribution is 1.08. The second-order valence-corrected chi connectivity index (χ2v) is 5.39. The number of nitrogens with one attached hydrogen (secondary N) is 1. The molecule has 90 valence electrons. The van der Waals surface area contributed by atoms with Gasteiger partial charge in [0.25, 0.3) is 5.56 Å². The van der Waals surface area contributed by atoms with Gasteiger partial charge in [0.2, 0.25) is 0 Å². The van der Waals surface area contributed by atoms with E-state index in [0.29, 0.717) is 0 Å². The quantitative estimate of drug-likeness (QED) is 0.766. The average Bonchev–Trinajstić information content (AvgIpc) is 2.76. The van der Waals surface area contributed by atoms with Crippen molar-refractivity contribution in [2.75, 3.05) is 0 Å². The highest BCUT2D eigenvalue weighted by Gasteiger charge is 2.05. The molecule has 2 heterocycles. The molecule has 4 heteroatoms. The van der Waals surface area contributed by atoms with Crippen molar-refractivity contribution in [3.8, 4) is 0 Å². The summed E-state index contributed by atoms with van der Waals surface area (Å²) in [5.41, 5.74) is 2.85. The molecular formula is C14H12N2OS. The molecule has 0 spiro atoms. The molecule has 3 nitrogen and oxygen atoms in total. The molecule has 3 aromatic rings. The predicted octanol–water partition coefficient (Wildman–Crippen LogP) is 2.88. The van der Waals surface area contributed by atoms with E-state index in [4.69, 9.17) is 0 Å². The van der Waals surface area contributed by atoms with Crippen molar-refractivity contribution in [3.05, 3.63) is 63.0 Å². The molecule has 1 N–H and O–H groups in total. The summed E-state index contributed by atoms with van der Waals surface area (Å²) in [7, 11) is 0. The zero-order chi connectivity index (χ0) is 12.5. The van der Waals surface area contributed by atoms with Gasteiger partial charge in [0.05, 0.1) is 15.2 Å². The Balaban J connectivity index is 1.96. The SMILES string of the molecule is Cc1cc(Cc2nc3ccccc3s2)c[nH]c1=O. The third kappa shape index (κ3) is 2.07. The molecule has 0 aliphatic rings. The van der Waals surface area contributed by atoms with Crippen molar-refractivity contribution < 1.29 is 0 Å². The Hall–Kier alpha value is -1.94. The first-order valence-corrected chi connectivity index (χ1v) is 6.57. The van der Waals surface area contributed by atoms with Crippen LogP contribution in [-0.4, -0.2) is 9.97 Å². The molecular weight excluding hydrogens is 244 g/mol. The van der Waals surface area contributed by atoms with Gasteiger partial charge in [-0.15, -0.1) is 11.3 Å². The first kappa shape index (κ1) is 11.2. The highest BCUT2D eigenvalue weighted by Crippen LogP contribution is 2.23. The van der Waals surface area contributed by atoms with Gasteiger partial charge in [0.15, 0.2) is 0 Å². The number of rotatable bonds is 2. The van der Waals surface area contributed by atoms with Crippen molar-refractivity contribution in [3.63, 3.8) is 0 Å². The van der Waals surface area contributed by atoms with E-state index in [9.17, 15) is 4.79 Å². The first-order valence-electron chi connectivity index (χ1n) is 5.75. The molecule has 0 bridgehead atoms. The molecule has 0 aliphatic carbocycles. The molecule has 0 fully saturated rings. The largest absolute Gasteiger partial charge is 0.329 e. The first-order chi connectivity index (χ1) is 8.72. The Morgan fingerprint density at radius 3 is 2.94 bits per heavy atom. The van der Waals surface area contributed by atoms with Crippen LogP contribution in [0, 0.1) is 6.92 Å². The number of aromatic amines is 1. The molecule has 0 radical (unpaired) electrons. The van der Waals surface area contributed by atoms with Gasteiger partial charge in [-0.1, -0.05) is 12.1 Å². The number of nitrogens with zero attached hydrogens (tertiary/aromatic N) is 1. The van der Waals surface area contributed by atoms with Crippen LogP contribution in [0.1, 0.15) is 16.1 Å². The van der Waals surface area contributed by atoms with Crippen LogP contribution in [0.25, 0.3) is 10.2 Å². The highest BCUT2D eigenvalue weighted by molar-refractivity contribution is 7.18. The van der Waals surface area contributed by atoms with Gasteiger partial charge in [-0.05, 0) is 30.7 Å². The number of hydrogen-bond donors (Lipinski definition) is 1. The number of fused-ring (bicyclic) bond motifs is 1. The minimum atomic E-state index is -0.0250. The summed E-state index contributed by atoms with van der Waals surface area (Å²) in [6.07, 6.45) is 2.53. The summed E-state index contributed by atoms with van der Waals surface area (Å²) in [5, 5.41) is 1.07. The fraction of sp³-hybridized carbons (Fsp3) is 0.143. The summed E-state index contributed by atoms with van der Waals surface area (Å²) in [5.74, 6) is 0. The third-order valence-corrected chi connectivity index (χ3v) is 3.88. The minimum absolute atomic E-state index is 0.0250. The minimum Gasteiger partial charge on any atom is -0.329 e. The number of aryl methyl sites for hydroxylation is 1. The molecule has 3 rings (SSSR count). The second kappa shape index (κ2) is 4.38. The lowest BCUT2D eigenvalue weighted by Crippen LogP contribution is -2.09. The van der Waals surface area contributed by atoms with Crippen LogP contribution in [0.3, 0.4) is 0 Å². The van der Waals surface area contributed by atoms with Gasteiger partial charge >= 0.3 is 0 Å². The maximum atomic E-state index is 11.3. The molecule has 0 atom stereocenters. The Bertz CT molecular complexity index is 725. The third-order valence-electron chi connectivity index (χ3n) is 2.84. The molecule has 1 aromatic carbocycles. The second-order valence-electron chi connectivity index (χ2n) is 4.27. The number of aromatic nitrogens is 2. The molecule has 2 aromatic heterocycles. The number of para-hydroxylation sites is 1. The van der Waals surface area contributed by atoms with Crippen molar-refractivity contribution >= 4 is 21.6 Å². The van der Waals surface area contributed by atoms with Crippen LogP contribution < -0.4 is 5.56 Å². The normalized spacial score (nSPS) is 10.9. The number of hydrogen-bond acceptors (Lipinski definition) is 3. The van der Waals surface area contributed by atoms with Crippen molar-refractivity contribution in [2.45, 2.75) is 13.3 Å². The van der Waals surface area contributed by atoms with Gasteiger partial charge in [0, 0.05) is 18.2 Å². The molecule has 0 unspecified atom stereocenters. The fourth-order valence-corrected chi connectivity index (χ4v) is 2.93. The summed E-state index contributed by atoms with van der Waals surface area (Å²) in [6.45, 7) is 1.82. The highest BCUT2D eigenvalue weighted by atomic mass is 32.1. The molecule has 18 heavy (non-hydrogen) atoms. The van der Waals surface area contributed by atoms with Gasteiger partial charge < -0.3 is 4.98 Å². The predicted molar refractivity (Wildman–Crippen MR) is 74.2 cm³/mol. The van der Waals surface area contributed by atoms with E-state index in [2.05, 4.69) is 16.0 Å². The number of benzene rings is 1. The van der Waals surface area contributed by atoms with Crippen LogP contribution in [0.4, 0.5) is 0 Å². The molecule has 0 saturated carbocycles. The van der Waals surface area contributed by atoms with Gasteiger partial charge in [-0.25, -0.2) is 4.98 Å². The van der Waals surface area contributed by atoms with Crippen molar-refractivity contribution in [1.29, 1.82) is 0 Å². The zero-order valence-electron chi connectivity index (χ0n) is 9.93. The summed E-state index contributed by atoms with van der Waals surface area (Å²) in [4.78, 5) is 18.6. The Labute approximate surface area is 108 Å². The number of H-pyrrole nitrogens is 1. The average molecular weight is 256 g/mol. The Kier molecular flexibility index (Phi) is 2.72. The van der Waals surface area contributed by atoms with E-state index in [1.54, 1.807) is 17.5 Å². The van der Waals surface area contributed by atoms with E-state index in [-0.39, 0.29) is 5.56 Å². The van der Waals surface area contributed by atoms with Gasteiger partial charge in [0.1, 0.15) is 0 Å². The maximum Gasteiger partial charge on any atom is 0.250 e. The van der Waals surface area contributed by atoms with Crippen LogP contribution in [0.15, 0.2) is 41.3 Å². The van der Waals surface area contributed by atoms with E-state index < -0.39 is 0 Å². The van der Waals surface area contributed by atoms with E-state index in [0.717, 1.165) is 28.1 Å². The van der Waals surface area contributed by atoms with Crippen molar-refractivity contribution in [2.24, 2.45) is 0 Å². The smallest absolute Gasteiger partial charge is 0.250 e. The van der Waals surface area contributed by atoms with E-state index >= 15 is 0 Å². The number of pyridine rings is 1. The zero-order valence-corrected chi connectivity index (χ0v) is 10.8. The molecule has 0 saturated heterocycles. The topological polar surface area (TPSA) is 45.8 Å². The monoisotopic (exact) mass is 256 g/mol. The van der Waals surface area contributed by atoms with Crippen molar-refractivity contribution in [1.82, 2.24) is 9.97 Å². The fourth-order valence-electron chi connectivity index (χ4n) is 1.93. The lowest BCUT2D eigenvalue weighted by Gasteiger charge is -1.98. The molecule has 0 amide bonds. The van der Waals surface area contributed by atoms with Crippen LogP contribution >= 0.6 is 11.3 Å². The molecule has 0 aliphatic heterocycles. The maximum absolute atomic E-state index is 11.3. The Morgan fingerprint density at radius 2 is 2.17 bits per heavy atom. The van der Waals surface area contributed by atoms with E-state index in [1.165, 1.54) is 4.70 Å². The summed E-state index contributed by atoms with van der Waals surface area (Å²) < 4.78 is 1.20. The number of thiazole rings is 1. The van der Waals surface area contributed by atoms with Gasteiger partial charge in [-0.3, -0.25) is 4.79 Å². The van der Waals surface area contributed by atoms with Crippen LogP contribution in [-0.2, 0) is 6.42 Å². The Morgan fingerprint density at radius 1 is 1.33 bits per heavy atom. The lowest BCUT2D eigenvalue weighted by atomic mass is 10.2. The van der Waals surface area contributed by atoms with Crippen LogP contribution in [0.2, 0.25) is 0 Å². The summed E-state index contributed by atoms with van der Waals surface area (Å²) in [6, 6.07) is 10.0. The van der Waals surface area contributed by atoms with E-state index in [1.807, 2.05) is 31.2 Å².